The van der Waals surface area contributed by atoms with Gasteiger partial charge in [-0.05, 0) is 62.4 Å². The second-order valence-electron chi connectivity index (χ2n) is 6.59. The number of ether oxygens (including phenoxy) is 2. The number of halogens is 1. The summed E-state index contributed by atoms with van der Waals surface area (Å²) in [5, 5.41) is 2.74. The Morgan fingerprint density at radius 1 is 0.906 bits per heavy atom. The highest BCUT2D eigenvalue weighted by atomic mass is 32.2. The van der Waals surface area contributed by atoms with Crippen molar-refractivity contribution in [1.29, 1.82) is 0 Å². The van der Waals surface area contributed by atoms with Crippen molar-refractivity contribution >= 4 is 27.3 Å². The Labute approximate surface area is 186 Å². The topological polar surface area (TPSA) is 93.7 Å². The molecule has 0 unspecified atom stereocenters. The van der Waals surface area contributed by atoms with Gasteiger partial charge in [-0.2, -0.15) is 0 Å². The van der Waals surface area contributed by atoms with Crippen LogP contribution in [0, 0.1) is 5.82 Å². The molecule has 0 saturated carbocycles. The molecule has 7 nitrogen and oxygen atoms in total. The maximum Gasteiger partial charge on any atom is 0.261 e. The first kappa shape index (κ1) is 23.1. The van der Waals surface area contributed by atoms with Gasteiger partial charge in [0, 0.05) is 17.3 Å². The normalized spacial score (nSPS) is 11.0. The highest BCUT2D eigenvalue weighted by Crippen LogP contribution is 2.31. The van der Waals surface area contributed by atoms with Gasteiger partial charge in [0.15, 0.2) is 11.5 Å². The highest BCUT2D eigenvalue weighted by Gasteiger charge is 2.17. The average Bonchev–Trinajstić information content (AvgIpc) is 2.77. The van der Waals surface area contributed by atoms with E-state index in [1.807, 2.05) is 13.8 Å². The zero-order chi connectivity index (χ0) is 23.1. The van der Waals surface area contributed by atoms with Gasteiger partial charge in [-0.1, -0.05) is 12.1 Å². The molecule has 2 N–H and O–H groups in total. The van der Waals surface area contributed by atoms with Crippen LogP contribution < -0.4 is 19.5 Å². The van der Waals surface area contributed by atoms with Gasteiger partial charge in [-0.3, -0.25) is 9.52 Å². The molecule has 0 aliphatic carbocycles. The predicted octanol–water partition coefficient (Wildman–Crippen LogP) is 4.68. The summed E-state index contributed by atoms with van der Waals surface area (Å²) in [6.07, 6.45) is 0. The van der Waals surface area contributed by atoms with Gasteiger partial charge in [-0.25, -0.2) is 12.8 Å². The van der Waals surface area contributed by atoms with Crippen LogP contribution in [0.1, 0.15) is 24.2 Å². The smallest absolute Gasteiger partial charge is 0.261 e. The van der Waals surface area contributed by atoms with Gasteiger partial charge < -0.3 is 14.8 Å². The molecule has 0 heterocycles. The number of para-hydroxylation sites is 1. The number of nitrogens with one attached hydrogen (secondary N) is 2. The molecule has 9 heteroatoms. The minimum atomic E-state index is -4.01. The summed E-state index contributed by atoms with van der Waals surface area (Å²) in [4.78, 5) is 12.5. The molecule has 0 spiro atoms. The van der Waals surface area contributed by atoms with Gasteiger partial charge in [0.25, 0.3) is 15.9 Å². The van der Waals surface area contributed by atoms with E-state index in [9.17, 15) is 17.6 Å². The van der Waals surface area contributed by atoms with Crippen molar-refractivity contribution in [3.8, 4) is 11.5 Å². The summed E-state index contributed by atoms with van der Waals surface area (Å²) in [5.74, 6) is -0.0338. The van der Waals surface area contributed by atoms with E-state index in [2.05, 4.69) is 10.0 Å². The molecular weight excluding hydrogens is 435 g/mol. The van der Waals surface area contributed by atoms with E-state index in [1.165, 1.54) is 42.5 Å². The van der Waals surface area contributed by atoms with Gasteiger partial charge >= 0.3 is 0 Å². The number of anilines is 2. The van der Waals surface area contributed by atoms with E-state index in [4.69, 9.17) is 9.47 Å². The summed E-state index contributed by atoms with van der Waals surface area (Å²) in [6, 6.07) is 15.8. The third-order valence-corrected chi connectivity index (χ3v) is 5.73. The van der Waals surface area contributed by atoms with Crippen LogP contribution in [0.2, 0.25) is 0 Å². The van der Waals surface area contributed by atoms with Crippen LogP contribution in [0.5, 0.6) is 11.5 Å². The molecule has 0 aromatic heterocycles. The molecule has 32 heavy (non-hydrogen) atoms. The third kappa shape index (κ3) is 5.55. The number of hydrogen-bond acceptors (Lipinski definition) is 5. The van der Waals surface area contributed by atoms with Crippen LogP contribution in [0.25, 0.3) is 0 Å². The molecule has 0 radical (unpaired) electrons. The molecular formula is C23H23FN2O5S. The number of amides is 1. The Bertz CT molecular complexity index is 1200. The first-order chi connectivity index (χ1) is 15.3. The fourth-order valence-electron chi connectivity index (χ4n) is 2.87. The van der Waals surface area contributed by atoms with Crippen molar-refractivity contribution in [1.82, 2.24) is 0 Å². The Morgan fingerprint density at radius 2 is 1.56 bits per heavy atom. The summed E-state index contributed by atoms with van der Waals surface area (Å²) in [6.45, 7) is 4.62. The van der Waals surface area contributed by atoms with E-state index in [1.54, 1.807) is 18.2 Å². The molecule has 3 rings (SSSR count). The summed E-state index contributed by atoms with van der Waals surface area (Å²) >= 11 is 0. The number of carbonyl (C=O) groups is 1. The fourth-order valence-corrected chi connectivity index (χ4v) is 3.93. The van der Waals surface area contributed by atoms with Gasteiger partial charge in [-0.15, -0.1) is 0 Å². The third-order valence-electron chi connectivity index (χ3n) is 4.35. The first-order valence-electron chi connectivity index (χ1n) is 9.92. The summed E-state index contributed by atoms with van der Waals surface area (Å²) in [7, 11) is -4.01. The molecule has 168 valence electrons. The lowest BCUT2D eigenvalue weighted by Crippen LogP contribution is -2.15. The van der Waals surface area contributed by atoms with Crippen molar-refractivity contribution in [3.63, 3.8) is 0 Å². The van der Waals surface area contributed by atoms with Crippen LogP contribution in [0.4, 0.5) is 15.8 Å². The van der Waals surface area contributed by atoms with Crippen LogP contribution in [0.3, 0.4) is 0 Å². The van der Waals surface area contributed by atoms with Gasteiger partial charge in [0.05, 0.1) is 23.8 Å². The highest BCUT2D eigenvalue weighted by molar-refractivity contribution is 7.92. The van der Waals surface area contributed by atoms with Gasteiger partial charge in [0.1, 0.15) is 5.82 Å². The summed E-state index contributed by atoms with van der Waals surface area (Å²) in [5.41, 5.74) is 0.594. The lowest BCUT2D eigenvalue weighted by Gasteiger charge is -2.13. The maximum atomic E-state index is 13.8. The molecule has 0 saturated heterocycles. The van der Waals surface area contributed by atoms with Crippen LogP contribution in [0.15, 0.2) is 71.6 Å². The number of rotatable bonds is 9. The Hall–Kier alpha value is -3.59. The van der Waals surface area contributed by atoms with Crippen molar-refractivity contribution in [3.05, 3.63) is 78.1 Å². The van der Waals surface area contributed by atoms with Crippen LogP contribution >= 0.6 is 0 Å². The SMILES string of the molecule is CCOc1ccc(NC(=O)c2ccc(S(=O)(=O)Nc3ccccc3F)cc2)cc1OCC. The van der Waals surface area contributed by atoms with Crippen molar-refractivity contribution in [2.24, 2.45) is 0 Å². The lowest BCUT2D eigenvalue weighted by molar-refractivity contribution is 0.102. The monoisotopic (exact) mass is 458 g/mol. The maximum absolute atomic E-state index is 13.8. The molecule has 0 aliphatic heterocycles. The summed E-state index contributed by atoms with van der Waals surface area (Å²) < 4.78 is 52.0. The van der Waals surface area contributed by atoms with Crippen LogP contribution in [-0.4, -0.2) is 27.5 Å². The lowest BCUT2D eigenvalue weighted by atomic mass is 10.2. The molecule has 0 bridgehead atoms. The zero-order valence-corrected chi connectivity index (χ0v) is 18.4. The second-order valence-corrected chi connectivity index (χ2v) is 8.27. The predicted molar refractivity (Wildman–Crippen MR) is 120 cm³/mol. The number of benzene rings is 3. The van der Waals surface area contributed by atoms with E-state index >= 15 is 0 Å². The largest absolute Gasteiger partial charge is 0.490 e. The Balaban J connectivity index is 1.74. The Morgan fingerprint density at radius 3 is 2.22 bits per heavy atom. The van der Waals surface area contributed by atoms with Crippen molar-refractivity contribution in [2.45, 2.75) is 18.7 Å². The molecule has 1 amide bonds. The Kier molecular flexibility index (Phi) is 7.32. The standard InChI is InChI=1S/C23H23FN2O5S/c1-3-30-21-14-11-17(15-22(21)31-4-2)25-23(27)16-9-12-18(13-10-16)32(28,29)26-20-8-6-5-7-19(20)24/h5-15,26H,3-4H2,1-2H3,(H,25,27). The molecule has 0 fully saturated rings. The van der Waals surface area contributed by atoms with Crippen LogP contribution in [-0.2, 0) is 10.0 Å². The molecule has 0 aliphatic rings. The average molecular weight is 459 g/mol. The van der Waals surface area contributed by atoms with E-state index in [0.717, 1.165) is 6.07 Å². The quantitative estimate of drug-likeness (QED) is 0.486. The minimum Gasteiger partial charge on any atom is -0.490 e. The second kappa shape index (κ2) is 10.1. The van der Waals surface area contributed by atoms with E-state index in [-0.39, 0.29) is 16.1 Å². The molecule has 3 aromatic carbocycles. The molecule has 3 aromatic rings. The van der Waals surface area contributed by atoms with Gasteiger partial charge in [0.2, 0.25) is 0 Å². The van der Waals surface area contributed by atoms with Crippen molar-refractivity contribution < 1.29 is 27.1 Å². The van der Waals surface area contributed by atoms with E-state index < -0.39 is 21.7 Å². The number of hydrogen-bond donors (Lipinski definition) is 2. The van der Waals surface area contributed by atoms with Crippen molar-refractivity contribution in [2.75, 3.05) is 23.3 Å². The minimum absolute atomic E-state index is 0.1000. The van der Waals surface area contributed by atoms with E-state index in [0.29, 0.717) is 30.4 Å². The molecule has 0 atom stereocenters. The number of sulfonamides is 1. The zero-order valence-electron chi connectivity index (χ0n) is 17.6. The number of carbonyl (C=O) groups excluding carboxylic acids is 1. The first-order valence-corrected chi connectivity index (χ1v) is 11.4. The fraction of sp³-hybridized carbons (Fsp3) is 0.174.